The predicted molar refractivity (Wildman–Crippen MR) is 87.3 cm³/mol. The normalized spacial score (nSPS) is 10.7. The molecule has 0 aliphatic rings. The third-order valence-corrected chi connectivity index (χ3v) is 3.70. The molecule has 2 aromatic carbocycles. The minimum absolute atomic E-state index is 0.0809. The fraction of sp³-hybridized carbons (Fsp3) is 0. The van der Waals surface area contributed by atoms with E-state index in [-0.39, 0.29) is 11.3 Å². The molecule has 0 unspecified atom stereocenters. The Morgan fingerprint density at radius 1 is 1.30 bits per heavy atom. The third-order valence-electron chi connectivity index (χ3n) is 2.48. The van der Waals surface area contributed by atoms with Crippen LogP contribution in [0.15, 0.2) is 47.6 Å². The van der Waals surface area contributed by atoms with Crippen LogP contribution in [-0.4, -0.2) is 17.2 Å². The third kappa shape index (κ3) is 3.71. The van der Waals surface area contributed by atoms with Crippen LogP contribution in [-0.2, 0) is 0 Å². The van der Waals surface area contributed by atoms with E-state index in [0.717, 1.165) is 9.13 Å². The second-order valence-corrected chi connectivity index (χ2v) is 5.48. The quantitative estimate of drug-likeness (QED) is 0.471. The zero-order chi connectivity index (χ0) is 14.5. The molecule has 1 amide bonds. The Hall–Kier alpha value is -1.60. The minimum atomic E-state index is -0.521. The van der Waals surface area contributed by atoms with Crippen LogP contribution in [0.5, 0.6) is 5.75 Å². The maximum atomic E-state index is 11.8. The number of benzene rings is 2. The van der Waals surface area contributed by atoms with Crippen molar-refractivity contribution in [1.29, 1.82) is 0 Å². The molecule has 0 radical (unpaired) electrons. The number of phenolic OH excluding ortho intramolecular Hbond substituents is 1. The number of carbonyl (C=O) groups is 1. The van der Waals surface area contributed by atoms with Gasteiger partial charge >= 0.3 is 0 Å². The Morgan fingerprint density at radius 2 is 2.05 bits per heavy atom. The molecule has 0 saturated heterocycles. The monoisotopic (exact) mass is 400 g/mol. The van der Waals surface area contributed by atoms with Crippen molar-refractivity contribution < 1.29 is 9.90 Å². The molecular weight excluding hydrogens is 391 g/mol. The Labute approximate surface area is 134 Å². The molecule has 6 heteroatoms. The van der Waals surface area contributed by atoms with Crippen LogP contribution < -0.4 is 5.43 Å². The van der Waals surface area contributed by atoms with Gasteiger partial charge in [-0.15, -0.1) is 0 Å². The largest absolute Gasteiger partial charge is 0.507 e. The topological polar surface area (TPSA) is 61.7 Å². The second-order valence-electron chi connectivity index (χ2n) is 3.88. The Bertz CT molecular complexity index is 674. The Balaban J connectivity index is 2.09. The predicted octanol–water partition coefficient (Wildman–Crippen LogP) is 3.41. The lowest BCUT2D eigenvalue weighted by molar-refractivity contribution is 0.0952. The van der Waals surface area contributed by atoms with Gasteiger partial charge in [-0.3, -0.25) is 4.79 Å². The summed E-state index contributed by atoms with van der Waals surface area (Å²) in [6, 6.07) is 11.9. The van der Waals surface area contributed by atoms with E-state index < -0.39 is 5.91 Å². The zero-order valence-electron chi connectivity index (χ0n) is 10.2. The van der Waals surface area contributed by atoms with Gasteiger partial charge in [-0.05, 0) is 46.9 Å². The first-order valence-corrected chi connectivity index (χ1v) is 7.10. The summed E-state index contributed by atoms with van der Waals surface area (Å²) in [7, 11) is 0. The molecule has 2 aromatic rings. The molecule has 0 saturated carbocycles. The number of rotatable bonds is 3. The van der Waals surface area contributed by atoms with Crippen molar-refractivity contribution in [2.45, 2.75) is 0 Å². The lowest BCUT2D eigenvalue weighted by atomic mass is 10.2. The van der Waals surface area contributed by atoms with Gasteiger partial charge in [-0.1, -0.05) is 29.8 Å². The molecule has 0 bridgehead atoms. The van der Waals surface area contributed by atoms with Crippen molar-refractivity contribution in [3.8, 4) is 5.75 Å². The zero-order valence-corrected chi connectivity index (χ0v) is 13.1. The molecular formula is C14H10ClIN2O2. The van der Waals surface area contributed by atoms with Crippen LogP contribution in [0.3, 0.4) is 0 Å². The number of aromatic hydroxyl groups is 1. The minimum Gasteiger partial charge on any atom is -0.507 e. The van der Waals surface area contributed by atoms with E-state index in [1.54, 1.807) is 6.21 Å². The Morgan fingerprint density at radius 3 is 2.80 bits per heavy atom. The van der Waals surface area contributed by atoms with Crippen molar-refractivity contribution in [2.75, 3.05) is 0 Å². The number of amides is 1. The lowest BCUT2D eigenvalue weighted by Gasteiger charge is -2.03. The molecule has 20 heavy (non-hydrogen) atoms. The van der Waals surface area contributed by atoms with E-state index in [1.807, 2.05) is 24.3 Å². The fourth-order valence-electron chi connectivity index (χ4n) is 1.49. The van der Waals surface area contributed by atoms with Crippen molar-refractivity contribution in [3.63, 3.8) is 0 Å². The standard InChI is InChI=1S/C14H10ClIN2O2/c15-10-5-6-13(19)11(7-10)14(20)18-17-8-9-3-1-2-4-12(9)16/h1-8,19H,(H,18,20). The number of phenols is 1. The number of hydrogen-bond acceptors (Lipinski definition) is 3. The highest BCUT2D eigenvalue weighted by Gasteiger charge is 2.10. The van der Waals surface area contributed by atoms with Crippen LogP contribution in [0, 0.1) is 3.57 Å². The maximum absolute atomic E-state index is 11.8. The van der Waals surface area contributed by atoms with Crippen LogP contribution in [0.1, 0.15) is 15.9 Å². The SMILES string of the molecule is O=C(NN=Cc1ccccc1I)c1cc(Cl)ccc1O. The molecule has 2 N–H and O–H groups in total. The van der Waals surface area contributed by atoms with E-state index in [0.29, 0.717) is 5.02 Å². The maximum Gasteiger partial charge on any atom is 0.275 e. The molecule has 0 heterocycles. The summed E-state index contributed by atoms with van der Waals surface area (Å²) >= 11 is 7.96. The number of halogens is 2. The summed E-state index contributed by atoms with van der Waals surface area (Å²) in [5, 5.41) is 13.8. The van der Waals surface area contributed by atoms with E-state index in [4.69, 9.17) is 11.6 Å². The molecule has 0 atom stereocenters. The van der Waals surface area contributed by atoms with Gasteiger partial charge in [0.15, 0.2) is 0 Å². The molecule has 0 fully saturated rings. The second kappa shape index (κ2) is 6.71. The average molecular weight is 401 g/mol. The molecule has 0 aliphatic carbocycles. The number of hydrazone groups is 1. The van der Waals surface area contributed by atoms with Crippen molar-refractivity contribution >= 4 is 46.3 Å². The van der Waals surface area contributed by atoms with Gasteiger partial charge in [-0.25, -0.2) is 5.43 Å². The summed E-state index contributed by atoms with van der Waals surface area (Å²) in [6.45, 7) is 0. The first-order chi connectivity index (χ1) is 9.58. The molecule has 0 aromatic heterocycles. The van der Waals surface area contributed by atoms with E-state index in [9.17, 15) is 9.90 Å². The van der Waals surface area contributed by atoms with Gasteiger partial charge in [0.2, 0.25) is 0 Å². The highest BCUT2D eigenvalue weighted by atomic mass is 127. The van der Waals surface area contributed by atoms with Gasteiger partial charge in [0.1, 0.15) is 5.75 Å². The van der Waals surface area contributed by atoms with Gasteiger partial charge in [0.05, 0.1) is 11.8 Å². The smallest absolute Gasteiger partial charge is 0.275 e. The first-order valence-electron chi connectivity index (χ1n) is 5.64. The summed E-state index contributed by atoms with van der Waals surface area (Å²) in [5.41, 5.74) is 3.32. The fourth-order valence-corrected chi connectivity index (χ4v) is 2.19. The average Bonchev–Trinajstić information content (AvgIpc) is 2.43. The summed E-state index contributed by atoms with van der Waals surface area (Å²) in [5.74, 6) is -0.663. The Kier molecular flexibility index (Phi) is 4.97. The molecule has 102 valence electrons. The lowest BCUT2D eigenvalue weighted by Crippen LogP contribution is -2.17. The van der Waals surface area contributed by atoms with Gasteiger partial charge < -0.3 is 5.11 Å². The van der Waals surface area contributed by atoms with Crippen molar-refractivity contribution in [2.24, 2.45) is 5.10 Å². The molecule has 0 aliphatic heterocycles. The van der Waals surface area contributed by atoms with Crippen molar-refractivity contribution in [3.05, 3.63) is 62.2 Å². The van der Waals surface area contributed by atoms with Gasteiger partial charge in [0.25, 0.3) is 5.91 Å². The summed E-state index contributed by atoms with van der Waals surface area (Å²) in [6.07, 6.45) is 1.54. The molecule has 2 rings (SSSR count). The van der Waals surface area contributed by atoms with Crippen LogP contribution >= 0.6 is 34.2 Å². The van der Waals surface area contributed by atoms with Crippen LogP contribution in [0.4, 0.5) is 0 Å². The van der Waals surface area contributed by atoms with Gasteiger partial charge in [-0.2, -0.15) is 5.10 Å². The molecule has 0 spiro atoms. The van der Waals surface area contributed by atoms with Crippen molar-refractivity contribution in [1.82, 2.24) is 5.43 Å². The molecule has 4 nitrogen and oxygen atoms in total. The number of hydrogen-bond donors (Lipinski definition) is 2. The van der Waals surface area contributed by atoms with E-state index in [1.165, 1.54) is 18.2 Å². The summed E-state index contributed by atoms with van der Waals surface area (Å²) < 4.78 is 1.02. The van der Waals surface area contributed by atoms with Crippen LogP contribution in [0.25, 0.3) is 0 Å². The van der Waals surface area contributed by atoms with Gasteiger partial charge in [0, 0.05) is 14.2 Å². The number of nitrogens with zero attached hydrogens (tertiary/aromatic N) is 1. The van der Waals surface area contributed by atoms with E-state index >= 15 is 0 Å². The number of carbonyl (C=O) groups excluding carboxylic acids is 1. The van der Waals surface area contributed by atoms with E-state index in [2.05, 4.69) is 33.1 Å². The highest BCUT2D eigenvalue weighted by molar-refractivity contribution is 14.1. The number of nitrogens with one attached hydrogen (secondary N) is 1. The first kappa shape index (κ1) is 14.8. The van der Waals surface area contributed by atoms with Crippen LogP contribution in [0.2, 0.25) is 5.02 Å². The highest BCUT2D eigenvalue weighted by Crippen LogP contribution is 2.21. The summed E-state index contributed by atoms with van der Waals surface area (Å²) in [4.78, 5) is 11.8.